The van der Waals surface area contributed by atoms with Gasteiger partial charge in [-0.1, -0.05) is 30.3 Å². The second-order valence-electron chi connectivity index (χ2n) is 4.01. The van der Waals surface area contributed by atoms with E-state index in [1.165, 1.54) is 0 Å². The van der Waals surface area contributed by atoms with E-state index in [1.54, 1.807) is 12.4 Å². The van der Waals surface area contributed by atoms with Crippen LogP contribution in [0.15, 0.2) is 42.7 Å². The SMILES string of the molecule is Cl.c1ccc(-c2nccnc2C2CNC2)cc1. The summed E-state index contributed by atoms with van der Waals surface area (Å²) in [6, 6.07) is 10.3. The van der Waals surface area contributed by atoms with Crippen LogP contribution in [0.3, 0.4) is 0 Å². The molecule has 0 amide bonds. The molecule has 1 aliphatic heterocycles. The van der Waals surface area contributed by atoms with Crippen molar-refractivity contribution in [2.75, 3.05) is 13.1 Å². The van der Waals surface area contributed by atoms with Crippen molar-refractivity contribution in [2.45, 2.75) is 5.92 Å². The predicted molar refractivity (Wildman–Crippen MR) is 70.3 cm³/mol. The highest BCUT2D eigenvalue weighted by Crippen LogP contribution is 2.27. The Kier molecular flexibility index (Phi) is 3.71. The van der Waals surface area contributed by atoms with Crippen LogP contribution in [0.5, 0.6) is 0 Å². The van der Waals surface area contributed by atoms with E-state index >= 15 is 0 Å². The number of nitrogens with zero attached hydrogens (tertiary/aromatic N) is 2. The summed E-state index contributed by atoms with van der Waals surface area (Å²) in [6.07, 6.45) is 3.54. The van der Waals surface area contributed by atoms with Crippen molar-refractivity contribution >= 4 is 12.4 Å². The van der Waals surface area contributed by atoms with Crippen LogP contribution in [-0.2, 0) is 0 Å². The van der Waals surface area contributed by atoms with Crippen molar-refractivity contribution in [3.63, 3.8) is 0 Å². The molecule has 0 spiro atoms. The van der Waals surface area contributed by atoms with E-state index < -0.39 is 0 Å². The topological polar surface area (TPSA) is 37.8 Å². The fourth-order valence-electron chi connectivity index (χ4n) is 1.95. The summed E-state index contributed by atoms with van der Waals surface area (Å²) in [5.74, 6) is 0.518. The van der Waals surface area contributed by atoms with Gasteiger partial charge >= 0.3 is 0 Å². The Morgan fingerprint density at radius 3 is 2.35 bits per heavy atom. The highest BCUT2D eigenvalue weighted by Gasteiger charge is 2.23. The molecular formula is C13H14ClN3. The molecule has 3 rings (SSSR count). The lowest BCUT2D eigenvalue weighted by atomic mass is 9.95. The van der Waals surface area contributed by atoms with Crippen LogP contribution in [-0.4, -0.2) is 23.1 Å². The second-order valence-corrected chi connectivity index (χ2v) is 4.01. The maximum atomic E-state index is 4.47. The van der Waals surface area contributed by atoms with Gasteiger partial charge < -0.3 is 5.32 Å². The summed E-state index contributed by atoms with van der Waals surface area (Å²) in [5, 5.41) is 3.27. The molecule has 88 valence electrons. The normalized spacial score (nSPS) is 14.8. The molecule has 1 aromatic carbocycles. The zero-order valence-corrected chi connectivity index (χ0v) is 10.2. The monoisotopic (exact) mass is 247 g/mol. The Balaban J connectivity index is 0.00000108. The Hall–Kier alpha value is -1.45. The van der Waals surface area contributed by atoms with Crippen LogP contribution in [0.1, 0.15) is 11.6 Å². The maximum Gasteiger partial charge on any atom is 0.0921 e. The molecule has 1 N–H and O–H groups in total. The van der Waals surface area contributed by atoms with E-state index in [0.29, 0.717) is 5.92 Å². The first-order valence-electron chi connectivity index (χ1n) is 5.52. The highest BCUT2D eigenvalue weighted by molar-refractivity contribution is 5.85. The fraction of sp³-hybridized carbons (Fsp3) is 0.231. The van der Waals surface area contributed by atoms with Gasteiger partial charge in [0.1, 0.15) is 0 Å². The highest BCUT2D eigenvalue weighted by atomic mass is 35.5. The first-order valence-corrected chi connectivity index (χ1v) is 5.52. The quantitative estimate of drug-likeness (QED) is 0.885. The van der Waals surface area contributed by atoms with E-state index in [9.17, 15) is 0 Å². The van der Waals surface area contributed by atoms with Crippen molar-refractivity contribution < 1.29 is 0 Å². The summed E-state index contributed by atoms with van der Waals surface area (Å²) in [5.41, 5.74) is 3.29. The van der Waals surface area contributed by atoms with Crippen LogP contribution in [0.4, 0.5) is 0 Å². The molecule has 1 saturated heterocycles. The molecule has 1 aromatic heterocycles. The Labute approximate surface area is 107 Å². The van der Waals surface area contributed by atoms with Crippen molar-refractivity contribution in [1.29, 1.82) is 0 Å². The molecule has 2 aromatic rings. The molecule has 17 heavy (non-hydrogen) atoms. The molecule has 1 fully saturated rings. The molecule has 4 heteroatoms. The van der Waals surface area contributed by atoms with Crippen molar-refractivity contribution in [3.05, 3.63) is 48.4 Å². The zero-order chi connectivity index (χ0) is 10.8. The van der Waals surface area contributed by atoms with Gasteiger partial charge in [-0.2, -0.15) is 0 Å². The lowest BCUT2D eigenvalue weighted by molar-refractivity contribution is 0.439. The third kappa shape index (κ3) is 2.30. The number of hydrogen-bond acceptors (Lipinski definition) is 3. The average molecular weight is 248 g/mol. The Morgan fingerprint density at radius 2 is 1.71 bits per heavy atom. The minimum Gasteiger partial charge on any atom is -0.315 e. The number of rotatable bonds is 2. The summed E-state index contributed by atoms with van der Waals surface area (Å²) >= 11 is 0. The van der Waals surface area contributed by atoms with Gasteiger partial charge in [-0.05, 0) is 0 Å². The fourth-order valence-corrected chi connectivity index (χ4v) is 1.95. The second kappa shape index (κ2) is 5.25. The van der Waals surface area contributed by atoms with E-state index in [4.69, 9.17) is 0 Å². The van der Waals surface area contributed by atoms with Crippen LogP contribution in [0.2, 0.25) is 0 Å². The van der Waals surface area contributed by atoms with Crippen LogP contribution >= 0.6 is 12.4 Å². The van der Waals surface area contributed by atoms with E-state index in [0.717, 1.165) is 30.0 Å². The maximum absolute atomic E-state index is 4.47. The number of benzene rings is 1. The lowest BCUT2D eigenvalue weighted by Crippen LogP contribution is -2.40. The Bertz CT molecular complexity index is 483. The van der Waals surface area contributed by atoms with E-state index in [2.05, 4.69) is 27.4 Å². The van der Waals surface area contributed by atoms with Gasteiger partial charge in [0.15, 0.2) is 0 Å². The van der Waals surface area contributed by atoms with Crippen LogP contribution < -0.4 is 5.32 Å². The summed E-state index contributed by atoms with van der Waals surface area (Å²) in [7, 11) is 0. The molecule has 1 aliphatic rings. The summed E-state index contributed by atoms with van der Waals surface area (Å²) in [4.78, 5) is 8.94. The van der Waals surface area contributed by atoms with Crippen molar-refractivity contribution in [2.24, 2.45) is 0 Å². The molecule has 0 atom stereocenters. The molecular weight excluding hydrogens is 234 g/mol. The minimum absolute atomic E-state index is 0. The smallest absolute Gasteiger partial charge is 0.0921 e. The minimum atomic E-state index is 0. The number of hydrogen-bond donors (Lipinski definition) is 1. The van der Waals surface area contributed by atoms with Gasteiger partial charge in [-0.3, -0.25) is 9.97 Å². The van der Waals surface area contributed by atoms with Gasteiger partial charge in [-0.15, -0.1) is 12.4 Å². The third-order valence-corrected chi connectivity index (χ3v) is 2.94. The molecule has 0 saturated carbocycles. The number of nitrogens with one attached hydrogen (secondary N) is 1. The van der Waals surface area contributed by atoms with Gasteiger partial charge in [0.05, 0.1) is 11.4 Å². The largest absolute Gasteiger partial charge is 0.315 e. The zero-order valence-electron chi connectivity index (χ0n) is 9.34. The van der Waals surface area contributed by atoms with Gasteiger partial charge in [0, 0.05) is 37.0 Å². The number of aromatic nitrogens is 2. The van der Waals surface area contributed by atoms with E-state index in [1.807, 2.05) is 18.2 Å². The predicted octanol–water partition coefficient (Wildman–Crippen LogP) is 2.25. The first kappa shape index (κ1) is 12.0. The van der Waals surface area contributed by atoms with Gasteiger partial charge in [0.25, 0.3) is 0 Å². The average Bonchev–Trinajstić information content (AvgIpc) is 2.29. The number of halogens is 1. The Morgan fingerprint density at radius 1 is 1.00 bits per heavy atom. The lowest BCUT2D eigenvalue weighted by Gasteiger charge is -2.27. The molecule has 0 bridgehead atoms. The molecule has 0 aliphatic carbocycles. The van der Waals surface area contributed by atoms with Gasteiger partial charge in [0.2, 0.25) is 0 Å². The summed E-state index contributed by atoms with van der Waals surface area (Å²) in [6.45, 7) is 2.02. The standard InChI is InChI=1S/C13H13N3.ClH/c1-2-4-10(5-3-1)12-13(11-8-14-9-11)16-7-6-15-12;/h1-7,11,14H,8-9H2;1H. The van der Waals surface area contributed by atoms with Crippen molar-refractivity contribution in [1.82, 2.24) is 15.3 Å². The van der Waals surface area contributed by atoms with Crippen molar-refractivity contribution in [3.8, 4) is 11.3 Å². The van der Waals surface area contributed by atoms with Crippen LogP contribution in [0, 0.1) is 0 Å². The molecule has 0 radical (unpaired) electrons. The molecule has 0 unspecified atom stereocenters. The van der Waals surface area contributed by atoms with E-state index in [-0.39, 0.29) is 12.4 Å². The van der Waals surface area contributed by atoms with Gasteiger partial charge in [-0.25, -0.2) is 0 Å². The molecule has 3 nitrogen and oxygen atoms in total. The summed E-state index contributed by atoms with van der Waals surface area (Å²) < 4.78 is 0. The third-order valence-electron chi connectivity index (χ3n) is 2.94. The first-order chi connectivity index (χ1) is 7.95. The molecule has 2 heterocycles. The van der Waals surface area contributed by atoms with Crippen LogP contribution in [0.25, 0.3) is 11.3 Å².